The second-order valence-corrected chi connectivity index (χ2v) is 11.9. The molecule has 3 aromatic rings. The quantitative estimate of drug-likeness (QED) is 0.287. The lowest BCUT2D eigenvalue weighted by molar-refractivity contribution is -0.148. The van der Waals surface area contributed by atoms with E-state index in [9.17, 15) is 24.6 Å². The van der Waals surface area contributed by atoms with Crippen LogP contribution in [-0.4, -0.2) is 70.3 Å². The third kappa shape index (κ3) is 6.28. The van der Waals surface area contributed by atoms with Gasteiger partial charge in [-0.1, -0.05) is 56.3 Å². The number of likely N-dealkylation sites (tertiary alicyclic amines) is 1. The molecule has 0 aromatic heterocycles. The van der Waals surface area contributed by atoms with E-state index in [0.717, 1.165) is 0 Å². The van der Waals surface area contributed by atoms with E-state index in [1.165, 1.54) is 32.0 Å². The fourth-order valence-corrected chi connectivity index (χ4v) is 5.68. The maximum atomic E-state index is 15.4. The molecule has 1 saturated heterocycles. The van der Waals surface area contributed by atoms with Gasteiger partial charge in [0.05, 0.1) is 18.0 Å². The first-order valence-electron chi connectivity index (χ1n) is 14.5. The van der Waals surface area contributed by atoms with Gasteiger partial charge in [-0.25, -0.2) is 8.78 Å². The number of hydrogen-bond donors (Lipinski definition) is 4. The molecule has 5 rings (SSSR count). The number of rotatable bonds is 9. The molecule has 1 fully saturated rings. The Hall–Kier alpha value is -4.71. The fraction of sp³-hybridized carbons (Fsp3) is 0.364. The van der Waals surface area contributed by atoms with E-state index in [0.29, 0.717) is 27.5 Å². The van der Waals surface area contributed by atoms with E-state index in [4.69, 9.17) is 9.47 Å². The second-order valence-electron chi connectivity index (χ2n) is 11.9. The van der Waals surface area contributed by atoms with Crippen molar-refractivity contribution < 1.29 is 42.9 Å². The maximum absolute atomic E-state index is 15.4. The van der Waals surface area contributed by atoms with Gasteiger partial charge in [-0.2, -0.15) is 0 Å². The number of nitrogens with one attached hydrogen (secondary N) is 2. The zero-order valence-electron chi connectivity index (χ0n) is 25.1. The van der Waals surface area contributed by atoms with Crippen LogP contribution in [0.3, 0.4) is 0 Å². The summed E-state index contributed by atoms with van der Waals surface area (Å²) in [6.45, 7) is 2.87. The highest BCUT2D eigenvalue weighted by Gasteiger charge is 2.64. The van der Waals surface area contributed by atoms with Crippen molar-refractivity contribution >= 4 is 17.7 Å². The molecule has 45 heavy (non-hydrogen) atoms. The van der Waals surface area contributed by atoms with Crippen LogP contribution in [0.15, 0.2) is 66.7 Å². The zero-order valence-corrected chi connectivity index (χ0v) is 25.1. The monoisotopic (exact) mass is 623 g/mol. The van der Waals surface area contributed by atoms with Crippen LogP contribution in [0.1, 0.15) is 40.9 Å². The number of aromatic hydroxyl groups is 1. The number of benzene rings is 3. The van der Waals surface area contributed by atoms with Gasteiger partial charge in [-0.05, 0) is 48.7 Å². The molecule has 2 aliphatic rings. The minimum absolute atomic E-state index is 0.0219. The molecular weight excluding hydrogens is 588 g/mol. The number of nitrogens with zero attached hydrogens (tertiary/aromatic N) is 1. The van der Waals surface area contributed by atoms with Crippen LogP contribution < -0.4 is 20.1 Å². The van der Waals surface area contributed by atoms with Gasteiger partial charge >= 0.3 is 0 Å². The molecule has 3 atom stereocenters. The number of ether oxygens (including phenoxy) is 2. The SMILES string of the molecule is Cc1c(O)cccc1C(=O)NC(Cc1ccccc1)C(O)C(=O)N1CC(F)(F)C(C)(C)C1C(=O)NCc1ccc2c(c1)OCO2. The van der Waals surface area contributed by atoms with E-state index < -0.39 is 53.8 Å². The van der Waals surface area contributed by atoms with Crippen LogP contribution in [0.2, 0.25) is 0 Å². The second kappa shape index (κ2) is 12.4. The fourth-order valence-electron chi connectivity index (χ4n) is 5.68. The topological polar surface area (TPSA) is 137 Å². The first kappa shape index (κ1) is 31.7. The average molecular weight is 624 g/mol. The number of fused-ring (bicyclic) bond motifs is 1. The molecule has 3 amide bonds. The number of phenols is 1. The molecule has 2 aliphatic heterocycles. The number of carbonyl (C=O) groups is 3. The standard InChI is InChI=1S/C33H35F2N3O7/c1-19-22(10-7-11-24(19)39)29(41)37-23(14-20-8-5-4-6-9-20)27(40)31(43)38-17-33(34,35)32(2,3)28(38)30(42)36-16-21-12-13-25-26(15-21)45-18-44-25/h4-13,15,23,27-28,39-40H,14,16-18H2,1-3H3,(H,36,42)(H,37,41). The van der Waals surface area contributed by atoms with Crippen molar-refractivity contribution in [2.45, 2.75) is 57.8 Å². The molecule has 2 heterocycles. The lowest BCUT2D eigenvalue weighted by atomic mass is 9.81. The van der Waals surface area contributed by atoms with Crippen molar-refractivity contribution in [3.05, 3.63) is 89.0 Å². The summed E-state index contributed by atoms with van der Waals surface area (Å²) in [6.07, 6.45) is -2.01. The highest BCUT2D eigenvalue weighted by Crippen LogP contribution is 2.48. The maximum Gasteiger partial charge on any atom is 0.272 e. The van der Waals surface area contributed by atoms with Crippen molar-refractivity contribution in [1.29, 1.82) is 0 Å². The summed E-state index contributed by atoms with van der Waals surface area (Å²) >= 11 is 0. The molecule has 0 saturated carbocycles. The van der Waals surface area contributed by atoms with Crippen molar-refractivity contribution in [1.82, 2.24) is 15.5 Å². The number of hydrogen-bond acceptors (Lipinski definition) is 7. The van der Waals surface area contributed by atoms with Crippen molar-refractivity contribution in [2.75, 3.05) is 13.3 Å². The molecule has 12 heteroatoms. The number of carbonyl (C=O) groups excluding carboxylic acids is 3. The normalized spacial score (nSPS) is 19.1. The summed E-state index contributed by atoms with van der Waals surface area (Å²) in [5.74, 6) is -5.19. The molecule has 3 aromatic carbocycles. The molecule has 3 unspecified atom stereocenters. The van der Waals surface area contributed by atoms with Gasteiger partial charge in [0.15, 0.2) is 17.6 Å². The van der Waals surface area contributed by atoms with E-state index in [1.54, 1.807) is 55.5 Å². The minimum atomic E-state index is -3.47. The predicted molar refractivity (Wildman–Crippen MR) is 159 cm³/mol. The number of amides is 3. The van der Waals surface area contributed by atoms with E-state index in [1.807, 2.05) is 0 Å². The van der Waals surface area contributed by atoms with Crippen LogP contribution in [0.4, 0.5) is 8.78 Å². The van der Waals surface area contributed by atoms with Crippen LogP contribution in [0.25, 0.3) is 0 Å². The Morgan fingerprint density at radius 3 is 2.44 bits per heavy atom. The average Bonchev–Trinajstić information content (AvgIpc) is 3.55. The van der Waals surface area contributed by atoms with Crippen molar-refractivity contribution in [3.63, 3.8) is 0 Å². The third-order valence-corrected chi connectivity index (χ3v) is 8.54. The van der Waals surface area contributed by atoms with Gasteiger partial charge in [-0.15, -0.1) is 0 Å². The van der Waals surface area contributed by atoms with Gasteiger partial charge in [0, 0.05) is 17.7 Å². The summed E-state index contributed by atoms with van der Waals surface area (Å²) in [6, 6.07) is 15.2. The minimum Gasteiger partial charge on any atom is -0.508 e. The highest BCUT2D eigenvalue weighted by molar-refractivity contribution is 5.97. The molecule has 10 nitrogen and oxygen atoms in total. The number of aliphatic hydroxyl groups is 1. The smallest absolute Gasteiger partial charge is 0.272 e. The van der Waals surface area contributed by atoms with Crippen LogP contribution in [-0.2, 0) is 22.6 Å². The van der Waals surface area contributed by atoms with Gasteiger partial charge in [0.2, 0.25) is 12.7 Å². The number of aliphatic hydroxyl groups excluding tert-OH is 1. The third-order valence-electron chi connectivity index (χ3n) is 8.54. The Bertz CT molecular complexity index is 1600. The lowest BCUT2D eigenvalue weighted by Gasteiger charge is -2.34. The molecular formula is C33H35F2N3O7. The van der Waals surface area contributed by atoms with E-state index in [-0.39, 0.29) is 36.6 Å². The molecule has 0 aliphatic carbocycles. The lowest BCUT2D eigenvalue weighted by Crippen LogP contribution is -2.57. The number of halogens is 2. The Morgan fingerprint density at radius 2 is 1.71 bits per heavy atom. The van der Waals surface area contributed by atoms with Crippen LogP contribution >= 0.6 is 0 Å². The first-order chi connectivity index (χ1) is 21.3. The molecule has 0 radical (unpaired) electrons. The molecule has 4 N–H and O–H groups in total. The van der Waals surface area contributed by atoms with Crippen molar-refractivity contribution in [3.8, 4) is 17.2 Å². The Balaban J connectivity index is 1.39. The number of alkyl halides is 2. The molecule has 238 valence electrons. The van der Waals surface area contributed by atoms with Gasteiger partial charge in [-0.3, -0.25) is 14.4 Å². The summed E-state index contributed by atoms with van der Waals surface area (Å²) in [5, 5.41) is 26.8. The zero-order chi connectivity index (χ0) is 32.5. The Labute approximate surface area is 258 Å². The van der Waals surface area contributed by atoms with E-state index in [2.05, 4.69) is 10.6 Å². The van der Waals surface area contributed by atoms with Crippen LogP contribution in [0, 0.1) is 12.3 Å². The summed E-state index contributed by atoms with van der Waals surface area (Å²) in [5.41, 5.74) is -0.303. The summed E-state index contributed by atoms with van der Waals surface area (Å²) in [4.78, 5) is 41.3. The van der Waals surface area contributed by atoms with Gasteiger partial charge < -0.3 is 35.2 Å². The highest BCUT2D eigenvalue weighted by atomic mass is 19.3. The Kier molecular flexibility index (Phi) is 8.70. The molecule has 0 spiro atoms. The summed E-state index contributed by atoms with van der Waals surface area (Å²) < 4.78 is 41.5. The first-order valence-corrected chi connectivity index (χ1v) is 14.5. The Morgan fingerprint density at radius 1 is 1.00 bits per heavy atom. The largest absolute Gasteiger partial charge is 0.508 e. The van der Waals surface area contributed by atoms with Crippen molar-refractivity contribution in [2.24, 2.45) is 5.41 Å². The number of phenolic OH excluding ortho intramolecular Hbond substituents is 1. The molecule has 0 bridgehead atoms. The van der Waals surface area contributed by atoms with E-state index >= 15 is 8.78 Å². The van der Waals surface area contributed by atoms with Gasteiger partial charge in [0.25, 0.3) is 17.7 Å². The predicted octanol–water partition coefficient (Wildman–Crippen LogP) is 3.32. The van der Waals surface area contributed by atoms with Gasteiger partial charge in [0.1, 0.15) is 11.8 Å². The summed E-state index contributed by atoms with van der Waals surface area (Å²) in [7, 11) is 0. The van der Waals surface area contributed by atoms with Crippen LogP contribution in [0.5, 0.6) is 17.2 Å².